The van der Waals surface area contributed by atoms with Crippen molar-refractivity contribution in [3.8, 4) is 11.3 Å². The number of H-pyrrole nitrogens is 1. The highest BCUT2D eigenvalue weighted by atomic mass is 19.4. The Morgan fingerprint density at radius 3 is 2.66 bits per heavy atom. The summed E-state index contributed by atoms with van der Waals surface area (Å²) in [6.45, 7) is 1.94. The largest absolute Gasteiger partial charge is 0.431 e. The van der Waals surface area contributed by atoms with Gasteiger partial charge in [0, 0.05) is 35.6 Å². The molecule has 9 heteroatoms. The van der Waals surface area contributed by atoms with Gasteiger partial charge in [0.1, 0.15) is 11.4 Å². The molecule has 2 aromatic heterocycles. The van der Waals surface area contributed by atoms with E-state index in [1.807, 2.05) is 12.1 Å². The van der Waals surface area contributed by atoms with E-state index in [1.165, 1.54) is 0 Å². The highest BCUT2D eigenvalue weighted by molar-refractivity contribution is 5.99. The molecular formula is C20H20F3N5O. The second kappa shape index (κ2) is 7.47. The number of likely N-dealkylation sites (N-methyl/N-ethyl adjacent to an activating group) is 1. The number of aromatic amines is 1. The zero-order valence-corrected chi connectivity index (χ0v) is 15.8. The number of benzene rings is 1. The number of fused-ring (bicyclic) bond motifs is 1. The van der Waals surface area contributed by atoms with Gasteiger partial charge in [0.2, 0.25) is 0 Å². The van der Waals surface area contributed by atoms with E-state index in [2.05, 4.69) is 32.4 Å². The molecule has 0 saturated carbocycles. The molecule has 0 spiro atoms. The highest BCUT2D eigenvalue weighted by Crippen LogP contribution is 2.31. The molecule has 152 valence electrons. The number of pyridine rings is 1. The minimum absolute atomic E-state index is 0.0469. The molecule has 1 fully saturated rings. The van der Waals surface area contributed by atoms with Gasteiger partial charge in [-0.05, 0) is 26.4 Å². The number of hydrogen-bond acceptors (Lipinski definition) is 5. The monoisotopic (exact) mass is 403 g/mol. The Balaban J connectivity index is 1.75. The third kappa shape index (κ3) is 3.95. The molecule has 1 aliphatic heterocycles. The summed E-state index contributed by atoms with van der Waals surface area (Å²) in [6, 6.07) is 8.07. The lowest BCUT2D eigenvalue weighted by atomic mass is 10.0. The average Bonchev–Trinajstić information content (AvgIpc) is 2.68. The Kier molecular flexibility index (Phi) is 4.99. The van der Waals surface area contributed by atoms with Crippen LogP contribution in [0.2, 0.25) is 0 Å². The lowest BCUT2D eigenvalue weighted by Gasteiger charge is -2.30. The molecule has 1 atom stereocenters. The van der Waals surface area contributed by atoms with Gasteiger partial charge in [0.15, 0.2) is 11.2 Å². The van der Waals surface area contributed by atoms with Gasteiger partial charge in [-0.3, -0.25) is 4.79 Å². The van der Waals surface area contributed by atoms with Crippen molar-refractivity contribution in [3.05, 3.63) is 52.4 Å². The Morgan fingerprint density at radius 2 is 1.97 bits per heavy atom. The first kappa shape index (κ1) is 19.4. The predicted octanol–water partition coefficient (Wildman–Crippen LogP) is 3.51. The first-order valence-electron chi connectivity index (χ1n) is 9.34. The summed E-state index contributed by atoms with van der Waals surface area (Å²) < 4.78 is 38.5. The molecule has 0 aliphatic carbocycles. The Hall–Kier alpha value is -2.94. The van der Waals surface area contributed by atoms with Crippen LogP contribution in [0.3, 0.4) is 0 Å². The third-order valence-corrected chi connectivity index (χ3v) is 5.13. The number of anilines is 1. The summed E-state index contributed by atoms with van der Waals surface area (Å²) in [7, 11) is 2.07. The van der Waals surface area contributed by atoms with E-state index in [0.717, 1.165) is 37.5 Å². The van der Waals surface area contributed by atoms with E-state index in [0.29, 0.717) is 17.3 Å². The number of rotatable bonds is 3. The molecule has 0 amide bonds. The molecule has 1 aliphatic rings. The van der Waals surface area contributed by atoms with E-state index in [-0.39, 0.29) is 17.3 Å². The second-order valence-electron chi connectivity index (χ2n) is 7.31. The van der Waals surface area contributed by atoms with E-state index < -0.39 is 17.3 Å². The van der Waals surface area contributed by atoms with Crippen LogP contribution in [0.1, 0.15) is 18.5 Å². The van der Waals surface area contributed by atoms with Gasteiger partial charge in [0.25, 0.3) is 0 Å². The number of halogens is 3. The first-order chi connectivity index (χ1) is 13.8. The summed E-state index contributed by atoms with van der Waals surface area (Å²) in [4.78, 5) is 16.8. The van der Waals surface area contributed by atoms with Crippen molar-refractivity contribution in [1.29, 1.82) is 0 Å². The molecule has 4 rings (SSSR count). The Morgan fingerprint density at radius 1 is 1.21 bits per heavy atom. The maximum absolute atomic E-state index is 12.8. The summed E-state index contributed by atoms with van der Waals surface area (Å²) in [6.07, 6.45) is -1.48. The van der Waals surface area contributed by atoms with Crippen molar-refractivity contribution in [3.63, 3.8) is 0 Å². The van der Waals surface area contributed by atoms with Crippen molar-refractivity contribution < 1.29 is 13.2 Å². The normalized spacial score (nSPS) is 18.1. The van der Waals surface area contributed by atoms with E-state index in [1.54, 1.807) is 12.1 Å². The molecule has 0 bridgehead atoms. The SMILES string of the molecule is CN1CCC[C@@H](Nc2nnc(-c3c[nH]c(C(F)(F)F)cc3=O)c3ccccc23)C1. The lowest BCUT2D eigenvalue weighted by Crippen LogP contribution is -2.40. The number of likely N-dealkylation sites (tertiary alicyclic amines) is 1. The third-order valence-electron chi connectivity index (χ3n) is 5.13. The fourth-order valence-corrected chi connectivity index (χ4v) is 3.71. The Labute approximate surface area is 164 Å². The average molecular weight is 403 g/mol. The molecule has 29 heavy (non-hydrogen) atoms. The quantitative estimate of drug-likeness (QED) is 0.700. The van der Waals surface area contributed by atoms with Crippen LogP contribution in [0, 0.1) is 0 Å². The fraction of sp³-hybridized carbons (Fsp3) is 0.350. The van der Waals surface area contributed by atoms with Gasteiger partial charge < -0.3 is 15.2 Å². The molecule has 1 aromatic carbocycles. The summed E-state index contributed by atoms with van der Waals surface area (Å²) in [5, 5.41) is 13.3. The smallest absolute Gasteiger partial charge is 0.364 e. The van der Waals surface area contributed by atoms with E-state index >= 15 is 0 Å². The van der Waals surface area contributed by atoms with Crippen LogP contribution < -0.4 is 10.7 Å². The first-order valence-corrected chi connectivity index (χ1v) is 9.34. The van der Waals surface area contributed by atoms with Gasteiger partial charge in [-0.2, -0.15) is 13.2 Å². The van der Waals surface area contributed by atoms with Crippen LogP contribution in [-0.4, -0.2) is 46.3 Å². The molecule has 0 unspecified atom stereocenters. The van der Waals surface area contributed by atoms with Crippen LogP contribution >= 0.6 is 0 Å². The number of alkyl halides is 3. The summed E-state index contributed by atoms with van der Waals surface area (Å²) >= 11 is 0. The number of piperidine rings is 1. The van der Waals surface area contributed by atoms with Crippen molar-refractivity contribution in [2.45, 2.75) is 25.1 Å². The fourth-order valence-electron chi connectivity index (χ4n) is 3.71. The van der Waals surface area contributed by atoms with Gasteiger partial charge in [-0.25, -0.2) is 0 Å². The van der Waals surface area contributed by atoms with Gasteiger partial charge >= 0.3 is 6.18 Å². The molecule has 3 heterocycles. The molecule has 6 nitrogen and oxygen atoms in total. The van der Waals surface area contributed by atoms with Crippen LogP contribution in [0.5, 0.6) is 0 Å². The standard InChI is InChI=1S/C20H20F3N5O/c1-28-8-4-5-12(11-28)25-19-14-7-3-2-6-13(14)18(26-27-19)15-10-24-17(9-16(15)29)20(21,22)23/h2-3,6-7,9-10,12H,4-5,8,11H2,1H3,(H,24,29)(H,25,27)/t12-/m1/s1. The number of hydrogen-bond donors (Lipinski definition) is 2. The predicted molar refractivity (Wildman–Crippen MR) is 105 cm³/mol. The number of nitrogens with zero attached hydrogens (tertiary/aromatic N) is 3. The second-order valence-corrected chi connectivity index (χ2v) is 7.31. The van der Waals surface area contributed by atoms with Crippen molar-refractivity contribution in [1.82, 2.24) is 20.1 Å². The van der Waals surface area contributed by atoms with Crippen LogP contribution in [-0.2, 0) is 6.18 Å². The summed E-state index contributed by atoms with van der Waals surface area (Å²) in [5.74, 6) is 0.605. The molecule has 1 saturated heterocycles. The maximum atomic E-state index is 12.8. The lowest BCUT2D eigenvalue weighted by molar-refractivity contribution is -0.141. The highest BCUT2D eigenvalue weighted by Gasteiger charge is 2.32. The maximum Gasteiger partial charge on any atom is 0.431 e. The number of aromatic nitrogens is 3. The van der Waals surface area contributed by atoms with Crippen LogP contribution in [0.25, 0.3) is 22.0 Å². The van der Waals surface area contributed by atoms with Crippen LogP contribution in [0.4, 0.5) is 19.0 Å². The number of nitrogens with one attached hydrogen (secondary N) is 2. The van der Waals surface area contributed by atoms with E-state index in [9.17, 15) is 18.0 Å². The summed E-state index contributed by atoms with van der Waals surface area (Å²) in [5.41, 5.74) is -1.55. The zero-order chi connectivity index (χ0) is 20.6. The van der Waals surface area contributed by atoms with Gasteiger partial charge in [-0.15, -0.1) is 10.2 Å². The minimum atomic E-state index is -4.62. The minimum Gasteiger partial charge on any atom is -0.364 e. The topological polar surface area (TPSA) is 73.9 Å². The molecular weight excluding hydrogens is 383 g/mol. The molecule has 0 radical (unpaired) electrons. The van der Waals surface area contributed by atoms with Crippen molar-refractivity contribution >= 4 is 16.6 Å². The van der Waals surface area contributed by atoms with Crippen molar-refractivity contribution in [2.24, 2.45) is 0 Å². The molecule has 3 aromatic rings. The molecule has 2 N–H and O–H groups in total. The van der Waals surface area contributed by atoms with Gasteiger partial charge in [0.05, 0.1) is 5.56 Å². The zero-order valence-electron chi connectivity index (χ0n) is 15.8. The van der Waals surface area contributed by atoms with Gasteiger partial charge in [-0.1, -0.05) is 24.3 Å². The Bertz CT molecular complexity index is 1100. The van der Waals surface area contributed by atoms with E-state index in [4.69, 9.17) is 0 Å². The van der Waals surface area contributed by atoms with Crippen LogP contribution in [0.15, 0.2) is 41.3 Å². The van der Waals surface area contributed by atoms with Crippen molar-refractivity contribution in [2.75, 3.05) is 25.5 Å².